The van der Waals surface area contributed by atoms with Gasteiger partial charge in [-0.2, -0.15) is 20.5 Å². The lowest BCUT2D eigenvalue weighted by atomic mass is 10.0. The van der Waals surface area contributed by atoms with Crippen molar-refractivity contribution in [1.82, 2.24) is 0 Å². The zero-order valence-corrected chi connectivity index (χ0v) is 15.0. The van der Waals surface area contributed by atoms with E-state index in [-0.39, 0.29) is 16.3 Å². The molecule has 0 unspecified atom stereocenters. The third-order valence-corrected chi connectivity index (χ3v) is 4.58. The molecule has 0 fully saturated rings. The molecule has 0 aliphatic carbocycles. The molecule has 0 radical (unpaired) electrons. The molecular formula is C15H19N5O3S. The highest BCUT2D eigenvalue weighted by Crippen LogP contribution is 2.46. The van der Waals surface area contributed by atoms with Crippen molar-refractivity contribution < 1.29 is 13.5 Å². The van der Waals surface area contributed by atoms with E-state index in [1.165, 1.54) is 20.2 Å². The van der Waals surface area contributed by atoms with Gasteiger partial charge in [-0.3, -0.25) is 0 Å². The molecule has 0 atom stereocenters. The minimum Gasteiger partial charge on any atom is -0.505 e. The van der Waals surface area contributed by atoms with Crippen molar-refractivity contribution >= 4 is 37.7 Å². The van der Waals surface area contributed by atoms with Gasteiger partial charge in [0.2, 0.25) is 0 Å². The zero-order valence-electron chi connectivity index (χ0n) is 14.1. The third kappa shape index (κ3) is 3.07. The molecule has 9 heteroatoms. The van der Waals surface area contributed by atoms with Gasteiger partial charge in [0.05, 0.1) is 10.6 Å². The number of benzene rings is 2. The Morgan fingerprint density at radius 3 is 2.08 bits per heavy atom. The lowest BCUT2D eigenvalue weighted by Crippen LogP contribution is -2.09. The summed E-state index contributed by atoms with van der Waals surface area (Å²) in [5.74, 6) is -0.253. The molecule has 8 nitrogen and oxygen atoms in total. The second kappa shape index (κ2) is 6.52. The van der Waals surface area contributed by atoms with E-state index in [2.05, 4.69) is 20.5 Å². The van der Waals surface area contributed by atoms with E-state index >= 15 is 0 Å². The molecule has 0 aliphatic rings. The Bertz CT molecular complexity index is 949. The van der Waals surface area contributed by atoms with Crippen molar-refractivity contribution in [1.29, 1.82) is 0 Å². The number of hydrogen-bond donors (Lipinski definition) is 1. The average Bonchev–Trinajstić information content (AvgIpc) is 2.49. The topological polar surface area (TPSA) is 107 Å². The van der Waals surface area contributed by atoms with Crippen molar-refractivity contribution in [2.75, 3.05) is 39.3 Å². The lowest BCUT2D eigenvalue weighted by molar-refractivity contribution is 0.480. The van der Waals surface area contributed by atoms with Crippen LogP contribution in [-0.2, 0) is 9.84 Å². The highest BCUT2D eigenvalue weighted by Gasteiger charge is 2.22. The Hall–Kier alpha value is -2.55. The van der Waals surface area contributed by atoms with E-state index in [9.17, 15) is 13.5 Å². The fourth-order valence-corrected chi connectivity index (χ4v) is 3.26. The van der Waals surface area contributed by atoms with Crippen LogP contribution in [0.3, 0.4) is 0 Å². The highest BCUT2D eigenvalue weighted by atomic mass is 32.2. The molecule has 0 aliphatic heterocycles. The number of aromatic hydroxyl groups is 1. The van der Waals surface area contributed by atoms with E-state index in [4.69, 9.17) is 0 Å². The Labute approximate surface area is 140 Å². The number of rotatable bonds is 4. The van der Waals surface area contributed by atoms with Gasteiger partial charge < -0.3 is 10.0 Å². The normalized spacial score (nSPS) is 12.5. The Kier molecular flexibility index (Phi) is 4.83. The molecule has 128 valence electrons. The van der Waals surface area contributed by atoms with Crippen molar-refractivity contribution in [3.63, 3.8) is 0 Å². The Balaban J connectivity index is 3.08. The predicted molar refractivity (Wildman–Crippen MR) is 93.9 cm³/mol. The maximum atomic E-state index is 12.1. The molecular weight excluding hydrogens is 330 g/mol. The highest BCUT2D eigenvalue weighted by molar-refractivity contribution is 7.90. The van der Waals surface area contributed by atoms with Crippen LogP contribution >= 0.6 is 0 Å². The van der Waals surface area contributed by atoms with Crippen LogP contribution in [0.4, 0.5) is 17.1 Å². The molecule has 0 heterocycles. The van der Waals surface area contributed by atoms with Crippen molar-refractivity contribution in [3.05, 3.63) is 18.2 Å². The maximum absolute atomic E-state index is 12.1. The number of anilines is 1. The van der Waals surface area contributed by atoms with Crippen molar-refractivity contribution in [2.24, 2.45) is 20.5 Å². The molecule has 2 aromatic rings. The van der Waals surface area contributed by atoms with Crippen LogP contribution in [0.5, 0.6) is 5.75 Å². The van der Waals surface area contributed by atoms with Gasteiger partial charge in [0.15, 0.2) is 15.6 Å². The predicted octanol–water partition coefficient (Wildman–Crippen LogP) is 3.44. The number of phenols is 1. The van der Waals surface area contributed by atoms with E-state index < -0.39 is 9.84 Å². The summed E-state index contributed by atoms with van der Waals surface area (Å²) in [6.07, 6.45) is 1.05. The van der Waals surface area contributed by atoms with Crippen LogP contribution in [0.15, 0.2) is 43.6 Å². The second-order valence-corrected chi connectivity index (χ2v) is 7.35. The lowest BCUT2D eigenvalue weighted by Gasteiger charge is -2.18. The largest absolute Gasteiger partial charge is 0.505 e. The first-order valence-corrected chi connectivity index (χ1v) is 8.91. The Morgan fingerprint density at radius 2 is 1.58 bits per heavy atom. The first kappa shape index (κ1) is 17.8. The first-order valence-electron chi connectivity index (χ1n) is 7.02. The smallest absolute Gasteiger partial charge is 0.177 e. The van der Waals surface area contributed by atoms with Crippen LogP contribution in [0.1, 0.15) is 0 Å². The molecule has 1 N–H and O–H groups in total. The first-order chi connectivity index (χ1) is 11.2. The minimum atomic E-state index is -3.63. The summed E-state index contributed by atoms with van der Waals surface area (Å²) in [5, 5.41) is 26.8. The molecule has 0 saturated heterocycles. The quantitative estimate of drug-likeness (QED) is 0.853. The number of phenolic OH excluding ortho intramolecular Hbond substituents is 1. The van der Waals surface area contributed by atoms with Crippen LogP contribution in [0.2, 0.25) is 0 Å². The van der Waals surface area contributed by atoms with Gasteiger partial charge in [-0.15, -0.1) is 0 Å². The van der Waals surface area contributed by atoms with Gasteiger partial charge in [-0.25, -0.2) is 8.42 Å². The number of azo groups is 2. The number of nitrogens with zero attached hydrogens (tertiary/aromatic N) is 5. The molecule has 0 aromatic heterocycles. The summed E-state index contributed by atoms with van der Waals surface area (Å²) < 4.78 is 24.3. The van der Waals surface area contributed by atoms with E-state index in [1.807, 2.05) is 19.0 Å². The van der Waals surface area contributed by atoms with Gasteiger partial charge in [0, 0.05) is 45.2 Å². The van der Waals surface area contributed by atoms with Gasteiger partial charge >= 0.3 is 0 Å². The summed E-state index contributed by atoms with van der Waals surface area (Å²) in [6.45, 7) is 0. The van der Waals surface area contributed by atoms with Crippen LogP contribution < -0.4 is 4.90 Å². The SMILES string of the molecule is CN=Nc1c(S(C)(=O)=O)cc2c(N=NC)c(N(C)C)ccc2c1O. The molecule has 24 heavy (non-hydrogen) atoms. The van der Waals surface area contributed by atoms with Gasteiger partial charge in [0.25, 0.3) is 0 Å². The monoisotopic (exact) mass is 349 g/mol. The van der Waals surface area contributed by atoms with E-state index in [0.29, 0.717) is 16.5 Å². The van der Waals surface area contributed by atoms with E-state index in [1.54, 1.807) is 12.1 Å². The molecule has 2 aromatic carbocycles. The second-order valence-electron chi connectivity index (χ2n) is 5.37. The fourth-order valence-electron chi connectivity index (χ4n) is 2.44. The molecule has 0 amide bonds. The zero-order chi connectivity index (χ0) is 18.1. The number of hydrogen-bond acceptors (Lipinski definition) is 8. The molecule has 0 saturated carbocycles. The van der Waals surface area contributed by atoms with E-state index in [0.717, 1.165) is 11.9 Å². The summed E-state index contributed by atoms with van der Waals surface area (Å²) in [7, 11) is 2.97. The minimum absolute atomic E-state index is 0.0792. The molecule has 2 rings (SSSR count). The average molecular weight is 349 g/mol. The van der Waals surface area contributed by atoms with Crippen molar-refractivity contribution in [2.45, 2.75) is 4.90 Å². The summed E-state index contributed by atoms with van der Waals surface area (Å²) in [6, 6.07) is 4.92. The number of sulfone groups is 1. The summed E-state index contributed by atoms with van der Waals surface area (Å²) in [4.78, 5) is 1.72. The maximum Gasteiger partial charge on any atom is 0.177 e. The van der Waals surface area contributed by atoms with Crippen LogP contribution in [0.25, 0.3) is 10.8 Å². The summed E-state index contributed by atoms with van der Waals surface area (Å²) >= 11 is 0. The summed E-state index contributed by atoms with van der Waals surface area (Å²) in [5.41, 5.74) is 1.14. The standard InChI is InChI=1S/C15H19N5O3S/c1-16-18-13-10-8-12(24(5,22)23)14(19-17-2)15(21)9(10)6-7-11(13)20(3)4/h6-8,21H,1-5H3. The fraction of sp³-hybridized carbons (Fsp3) is 0.333. The number of fused-ring (bicyclic) bond motifs is 1. The Morgan fingerprint density at radius 1 is 1.00 bits per heavy atom. The van der Waals surface area contributed by atoms with Gasteiger partial charge in [0.1, 0.15) is 11.4 Å². The van der Waals surface area contributed by atoms with Crippen LogP contribution in [0, 0.1) is 0 Å². The van der Waals surface area contributed by atoms with Gasteiger partial charge in [-0.1, -0.05) is 0 Å². The molecule has 0 spiro atoms. The van der Waals surface area contributed by atoms with Gasteiger partial charge in [-0.05, 0) is 18.2 Å². The molecule has 0 bridgehead atoms. The van der Waals surface area contributed by atoms with Crippen molar-refractivity contribution in [3.8, 4) is 5.75 Å². The van der Waals surface area contributed by atoms with Crippen LogP contribution in [-0.4, -0.2) is 48.0 Å². The third-order valence-electron chi connectivity index (χ3n) is 3.47.